The first kappa shape index (κ1) is 23.1. The van der Waals surface area contributed by atoms with E-state index < -0.39 is 42.9 Å². The molecule has 0 unspecified atom stereocenters. The van der Waals surface area contributed by atoms with E-state index in [4.69, 9.17) is 11.6 Å². The lowest BCUT2D eigenvalue weighted by Crippen LogP contribution is -2.50. The van der Waals surface area contributed by atoms with Crippen LogP contribution in [0.1, 0.15) is 19.4 Å². The van der Waals surface area contributed by atoms with Crippen LogP contribution in [0.25, 0.3) is 0 Å². The minimum atomic E-state index is -5.31. The van der Waals surface area contributed by atoms with Crippen molar-refractivity contribution in [2.75, 3.05) is 13.1 Å². The van der Waals surface area contributed by atoms with Crippen LogP contribution in [0.4, 0.5) is 26.3 Å². The number of amides is 1. The largest absolute Gasteiger partial charge is 0.490 e. The summed E-state index contributed by atoms with van der Waals surface area (Å²) in [6.45, 7) is 0.638. The molecule has 1 aromatic carbocycles. The van der Waals surface area contributed by atoms with Crippen LogP contribution in [0.2, 0.25) is 5.02 Å². The predicted octanol–water partition coefficient (Wildman–Crippen LogP) is 4.16. The quantitative estimate of drug-likeness (QED) is 0.514. The molecule has 0 bridgehead atoms. The highest BCUT2D eigenvalue weighted by atomic mass is 35.5. The summed E-state index contributed by atoms with van der Waals surface area (Å²) in [5.41, 5.74) is -1.43. The van der Waals surface area contributed by atoms with Crippen LogP contribution in [0.3, 0.4) is 0 Å². The maximum Gasteiger partial charge on any atom is 0.490 e. The van der Waals surface area contributed by atoms with Gasteiger partial charge < -0.3 is 9.64 Å². The van der Waals surface area contributed by atoms with Crippen molar-refractivity contribution in [1.29, 1.82) is 0 Å². The number of hydrogen-bond donors (Lipinski definition) is 0. The molecule has 1 rings (SSSR count). The van der Waals surface area contributed by atoms with Gasteiger partial charge in [0.1, 0.15) is 5.60 Å². The third kappa shape index (κ3) is 7.66. The molecule has 0 saturated carbocycles. The Morgan fingerprint density at radius 1 is 1.00 bits per heavy atom. The molecular weight excluding hydrogens is 404 g/mol. The molecular formula is C16H16ClF6NO3. The van der Waals surface area contributed by atoms with Crippen LogP contribution >= 0.6 is 11.6 Å². The van der Waals surface area contributed by atoms with Gasteiger partial charge in [-0.2, -0.15) is 26.3 Å². The molecule has 152 valence electrons. The third-order valence-electron chi connectivity index (χ3n) is 3.29. The molecule has 0 heterocycles. The zero-order chi connectivity index (χ0) is 21.0. The highest BCUT2D eigenvalue weighted by molar-refractivity contribution is 6.30. The van der Waals surface area contributed by atoms with Gasteiger partial charge in [-0.15, -0.1) is 0 Å². The molecule has 1 aromatic rings. The summed E-state index contributed by atoms with van der Waals surface area (Å²) >= 11 is 5.70. The number of alkyl halides is 6. The van der Waals surface area contributed by atoms with Crippen molar-refractivity contribution < 1.29 is 40.7 Å². The molecule has 0 aliphatic heterocycles. The normalized spacial score (nSPS) is 12.6. The molecule has 27 heavy (non-hydrogen) atoms. The summed E-state index contributed by atoms with van der Waals surface area (Å²) in [6, 6.07) is 6.07. The van der Waals surface area contributed by atoms with E-state index in [1.165, 1.54) is 24.3 Å². The van der Waals surface area contributed by atoms with E-state index >= 15 is 0 Å². The van der Waals surface area contributed by atoms with Crippen molar-refractivity contribution in [3.63, 3.8) is 0 Å². The Morgan fingerprint density at radius 3 is 1.96 bits per heavy atom. The van der Waals surface area contributed by atoms with Crippen molar-refractivity contribution in [2.45, 2.75) is 38.2 Å². The first-order chi connectivity index (χ1) is 12.1. The number of rotatable bonds is 6. The first-order valence-corrected chi connectivity index (χ1v) is 7.90. The smallest absolute Gasteiger partial charge is 0.451 e. The molecule has 1 amide bonds. The van der Waals surface area contributed by atoms with E-state index in [1.807, 2.05) is 0 Å². The third-order valence-corrected chi connectivity index (χ3v) is 3.54. The molecule has 0 aliphatic carbocycles. The maximum absolute atomic E-state index is 12.8. The standard InChI is InChI=1S/C16H16ClF6NO3/c1-14(2,27-13(26)16(21,22)23)9-24(12(25)15(18,19)20)8-7-10-3-5-11(17)6-4-10/h3-6H,7-9H2,1-2H3. The number of benzene rings is 1. The minimum absolute atomic E-state index is 0.0116. The minimum Gasteiger partial charge on any atom is -0.451 e. The second-order valence-corrected chi connectivity index (χ2v) is 6.68. The Hall–Kier alpha value is -1.97. The number of carbonyl (C=O) groups excluding carboxylic acids is 2. The Morgan fingerprint density at radius 2 is 1.52 bits per heavy atom. The second kappa shape index (κ2) is 8.37. The van der Waals surface area contributed by atoms with Gasteiger partial charge in [0.15, 0.2) is 0 Å². The number of ether oxygens (including phenoxy) is 1. The zero-order valence-corrected chi connectivity index (χ0v) is 15.0. The molecule has 0 aromatic heterocycles. The van der Waals surface area contributed by atoms with Gasteiger partial charge in [0.2, 0.25) is 0 Å². The number of carbonyl (C=O) groups is 2. The maximum atomic E-state index is 12.8. The Kier molecular flexibility index (Phi) is 7.15. The van der Waals surface area contributed by atoms with Crippen molar-refractivity contribution in [3.05, 3.63) is 34.9 Å². The van der Waals surface area contributed by atoms with E-state index in [2.05, 4.69) is 4.74 Å². The van der Waals surface area contributed by atoms with Crippen molar-refractivity contribution in [1.82, 2.24) is 4.90 Å². The molecule has 4 nitrogen and oxygen atoms in total. The molecule has 0 radical (unpaired) electrons. The molecule has 0 atom stereocenters. The Balaban J connectivity index is 2.92. The fraction of sp³-hybridized carbons (Fsp3) is 0.500. The topological polar surface area (TPSA) is 46.6 Å². The molecule has 0 saturated heterocycles. The van der Waals surface area contributed by atoms with E-state index in [0.29, 0.717) is 15.5 Å². The van der Waals surface area contributed by atoms with E-state index in [9.17, 15) is 35.9 Å². The predicted molar refractivity (Wildman–Crippen MR) is 84.0 cm³/mol. The van der Waals surface area contributed by atoms with Gasteiger partial charge in [0.05, 0.1) is 6.54 Å². The van der Waals surface area contributed by atoms with Crippen LogP contribution in [0.15, 0.2) is 24.3 Å². The lowest BCUT2D eigenvalue weighted by Gasteiger charge is -2.33. The number of halogens is 7. The molecule has 0 fully saturated rings. The lowest BCUT2D eigenvalue weighted by molar-refractivity contribution is -0.214. The van der Waals surface area contributed by atoms with Crippen LogP contribution in [0, 0.1) is 0 Å². The summed E-state index contributed by atoms with van der Waals surface area (Å²) in [5.74, 6) is -4.79. The van der Waals surface area contributed by atoms with Crippen LogP contribution in [0.5, 0.6) is 0 Å². The molecule has 0 spiro atoms. The zero-order valence-electron chi connectivity index (χ0n) is 14.2. The Labute approximate surface area is 156 Å². The number of nitrogens with zero attached hydrogens (tertiary/aromatic N) is 1. The van der Waals surface area contributed by atoms with Crippen molar-refractivity contribution in [3.8, 4) is 0 Å². The van der Waals surface area contributed by atoms with Gasteiger partial charge in [-0.3, -0.25) is 4.79 Å². The fourth-order valence-electron chi connectivity index (χ4n) is 2.15. The Bertz CT molecular complexity index is 670. The summed E-state index contributed by atoms with van der Waals surface area (Å²) in [7, 11) is 0. The van der Waals surface area contributed by atoms with Gasteiger partial charge in [-0.05, 0) is 38.0 Å². The lowest BCUT2D eigenvalue weighted by atomic mass is 10.1. The average Bonchev–Trinajstić information content (AvgIpc) is 2.50. The van der Waals surface area contributed by atoms with Gasteiger partial charge >= 0.3 is 24.2 Å². The molecule has 11 heteroatoms. The summed E-state index contributed by atoms with van der Waals surface area (Å²) < 4.78 is 79.6. The molecule has 0 aliphatic rings. The van der Waals surface area contributed by atoms with Crippen LogP contribution in [-0.2, 0) is 20.7 Å². The highest BCUT2D eigenvalue weighted by Crippen LogP contribution is 2.25. The van der Waals surface area contributed by atoms with E-state index in [-0.39, 0.29) is 6.42 Å². The van der Waals surface area contributed by atoms with Gasteiger partial charge in [-0.25, -0.2) is 4.79 Å². The molecule has 0 N–H and O–H groups in total. The first-order valence-electron chi connectivity index (χ1n) is 7.52. The van der Waals surface area contributed by atoms with Crippen LogP contribution in [-0.4, -0.2) is 47.8 Å². The average molecular weight is 420 g/mol. The summed E-state index contributed by atoms with van der Waals surface area (Å²) in [5, 5.41) is 0.405. The number of hydrogen-bond acceptors (Lipinski definition) is 3. The van der Waals surface area contributed by atoms with Gasteiger partial charge in [0, 0.05) is 11.6 Å². The van der Waals surface area contributed by atoms with Crippen LogP contribution < -0.4 is 0 Å². The second-order valence-electron chi connectivity index (χ2n) is 6.25. The highest BCUT2D eigenvalue weighted by Gasteiger charge is 2.47. The van der Waals surface area contributed by atoms with Crippen molar-refractivity contribution >= 4 is 23.5 Å². The number of esters is 1. The monoisotopic (exact) mass is 419 g/mol. The summed E-state index contributed by atoms with van der Waals surface area (Å²) in [6.07, 6.45) is -10.5. The SMILES string of the molecule is CC(C)(CN(CCc1ccc(Cl)cc1)C(=O)C(F)(F)F)OC(=O)C(F)(F)F. The summed E-state index contributed by atoms with van der Waals surface area (Å²) in [4.78, 5) is 22.9. The van der Waals surface area contributed by atoms with Gasteiger partial charge in [0.25, 0.3) is 0 Å². The van der Waals surface area contributed by atoms with E-state index in [1.54, 1.807) is 0 Å². The van der Waals surface area contributed by atoms with E-state index in [0.717, 1.165) is 13.8 Å². The fourth-order valence-corrected chi connectivity index (χ4v) is 2.27. The van der Waals surface area contributed by atoms with Crippen molar-refractivity contribution in [2.24, 2.45) is 0 Å². The van der Waals surface area contributed by atoms with Gasteiger partial charge in [-0.1, -0.05) is 23.7 Å².